The number of nitrogens with one attached hydrogen (secondary N) is 2. The molecule has 0 aliphatic carbocycles. The summed E-state index contributed by atoms with van der Waals surface area (Å²) in [6.07, 6.45) is 1.77. The summed E-state index contributed by atoms with van der Waals surface area (Å²) in [5.74, 6) is -1.83. The van der Waals surface area contributed by atoms with Gasteiger partial charge < -0.3 is 21.5 Å². The number of carbonyl (C=O) groups is 3. The first-order chi connectivity index (χ1) is 9.92. The van der Waals surface area contributed by atoms with Gasteiger partial charge in [0.25, 0.3) is 0 Å². The van der Waals surface area contributed by atoms with E-state index >= 15 is 0 Å². The summed E-state index contributed by atoms with van der Waals surface area (Å²) >= 11 is 1.57. The molecule has 114 valence electrons. The molecule has 3 amide bonds. The van der Waals surface area contributed by atoms with Gasteiger partial charge in [0.05, 0.1) is 0 Å². The molecular formula is C13H17N3O4S. The van der Waals surface area contributed by atoms with E-state index in [1.807, 2.05) is 18.4 Å². The molecule has 1 aromatic rings. The molecule has 0 aliphatic rings. The summed E-state index contributed by atoms with van der Waals surface area (Å²) in [4.78, 5) is 34.4. The van der Waals surface area contributed by atoms with Crippen LogP contribution in [-0.2, 0) is 9.59 Å². The highest BCUT2D eigenvalue weighted by atomic mass is 32.2. The third-order valence-corrected chi connectivity index (χ3v) is 3.37. The lowest BCUT2D eigenvalue weighted by atomic mass is 10.1. The van der Waals surface area contributed by atoms with Gasteiger partial charge in [0, 0.05) is 17.0 Å². The van der Waals surface area contributed by atoms with E-state index in [2.05, 4.69) is 10.6 Å². The standard InChI is InChI=1S/C13H17N3O4S/c1-21-9-4-2-8(3-5-9)15-13(20)16-10(12(18)19)6-7-11(14)17/h2-5,10H,6-7H2,1H3,(H2,14,17)(H,18,19)(H2,15,16,20)/t10-/m1/s1. The van der Waals surface area contributed by atoms with Crippen LogP contribution in [0, 0.1) is 0 Å². The van der Waals surface area contributed by atoms with Crippen LogP contribution in [0.1, 0.15) is 12.8 Å². The van der Waals surface area contributed by atoms with Gasteiger partial charge in [-0.2, -0.15) is 0 Å². The van der Waals surface area contributed by atoms with Gasteiger partial charge in [0.15, 0.2) is 0 Å². The van der Waals surface area contributed by atoms with Crippen LogP contribution in [0.25, 0.3) is 0 Å². The lowest BCUT2D eigenvalue weighted by Gasteiger charge is -2.14. The second-order valence-electron chi connectivity index (χ2n) is 4.22. The molecule has 1 rings (SSSR count). The second kappa shape index (κ2) is 8.15. The number of hydrogen-bond acceptors (Lipinski definition) is 4. The van der Waals surface area contributed by atoms with Crippen molar-refractivity contribution in [3.05, 3.63) is 24.3 Å². The number of urea groups is 1. The third-order valence-electron chi connectivity index (χ3n) is 2.63. The lowest BCUT2D eigenvalue weighted by molar-refractivity contribution is -0.139. The average Bonchev–Trinajstić information content (AvgIpc) is 2.43. The molecule has 0 saturated heterocycles. The van der Waals surface area contributed by atoms with Gasteiger partial charge in [0.1, 0.15) is 6.04 Å². The quantitative estimate of drug-likeness (QED) is 0.565. The number of anilines is 1. The fourth-order valence-corrected chi connectivity index (χ4v) is 1.95. The predicted molar refractivity (Wildman–Crippen MR) is 80.2 cm³/mol. The number of nitrogens with two attached hydrogens (primary N) is 1. The Morgan fingerprint density at radius 3 is 2.38 bits per heavy atom. The van der Waals surface area contributed by atoms with Crippen LogP contribution in [0.2, 0.25) is 0 Å². The summed E-state index contributed by atoms with van der Waals surface area (Å²) in [7, 11) is 0. The van der Waals surface area contributed by atoms with Gasteiger partial charge in [-0.25, -0.2) is 9.59 Å². The topological polar surface area (TPSA) is 122 Å². The molecule has 0 heterocycles. The Hall–Kier alpha value is -2.22. The summed E-state index contributed by atoms with van der Waals surface area (Å²) in [5, 5.41) is 13.8. The van der Waals surface area contributed by atoms with Crippen molar-refractivity contribution < 1.29 is 19.5 Å². The van der Waals surface area contributed by atoms with E-state index in [0.29, 0.717) is 5.69 Å². The minimum absolute atomic E-state index is 0.0521. The molecule has 0 fully saturated rings. The van der Waals surface area contributed by atoms with Crippen molar-refractivity contribution in [2.75, 3.05) is 11.6 Å². The minimum Gasteiger partial charge on any atom is -0.480 e. The maximum atomic E-state index is 11.7. The summed E-state index contributed by atoms with van der Waals surface area (Å²) in [5.41, 5.74) is 5.51. The number of hydrogen-bond donors (Lipinski definition) is 4. The number of carboxylic acids is 1. The Bertz CT molecular complexity index is 519. The van der Waals surface area contributed by atoms with E-state index in [1.54, 1.807) is 23.9 Å². The summed E-state index contributed by atoms with van der Waals surface area (Å²) in [6, 6.07) is 5.28. The largest absolute Gasteiger partial charge is 0.480 e. The van der Waals surface area contributed by atoms with Gasteiger partial charge in [-0.15, -0.1) is 11.8 Å². The van der Waals surface area contributed by atoms with Crippen LogP contribution in [0.3, 0.4) is 0 Å². The SMILES string of the molecule is CSc1ccc(NC(=O)N[C@H](CCC(N)=O)C(=O)O)cc1. The van der Waals surface area contributed by atoms with Gasteiger partial charge in [-0.3, -0.25) is 4.79 Å². The number of rotatable bonds is 7. The molecule has 0 spiro atoms. The van der Waals surface area contributed by atoms with Crippen molar-refractivity contribution in [1.29, 1.82) is 0 Å². The predicted octanol–water partition coefficient (Wildman–Crippen LogP) is 1.25. The molecular weight excluding hydrogens is 294 g/mol. The number of benzene rings is 1. The number of amides is 3. The van der Waals surface area contributed by atoms with Crippen LogP contribution < -0.4 is 16.4 Å². The molecule has 1 aromatic carbocycles. The first-order valence-electron chi connectivity index (χ1n) is 6.15. The van der Waals surface area contributed by atoms with E-state index in [0.717, 1.165) is 4.90 Å². The first-order valence-corrected chi connectivity index (χ1v) is 7.37. The fraction of sp³-hybridized carbons (Fsp3) is 0.308. The van der Waals surface area contributed by atoms with E-state index in [4.69, 9.17) is 10.8 Å². The zero-order valence-corrected chi connectivity index (χ0v) is 12.3. The highest BCUT2D eigenvalue weighted by Crippen LogP contribution is 2.17. The molecule has 7 nitrogen and oxygen atoms in total. The van der Waals surface area contributed by atoms with Gasteiger partial charge in [-0.1, -0.05) is 0 Å². The summed E-state index contributed by atoms with van der Waals surface area (Å²) in [6.45, 7) is 0. The fourth-order valence-electron chi connectivity index (χ4n) is 1.54. The summed E-state index contributed by atoms with van der Waals surface area (Å²) < 4.78 is 0. The molecule has 8 heteroatoms. The Morgan fingerprint density at radius 1 is 1.29 bits per heavy atom. The Morgan fingerprint density at radius 2 is 1.90 bits per heavy atom. The lowest BCUT2D eigenvalue weighted by Crippen LogP contribution is -2.43. The van der Waals surface area contributed by atoms with Crippen molar-refractivity contribution in [1.82, 2.24) is 5.32 Å². The molecule has 21 heavy (non-hydrogen) atoms. The maximum absolute atomic E-state index is 11.7. The number of primary amides is 1. The average molecular weight is 311 g/mol. The van der Waals surface area contributed by atoms with Crippen molar-refractivity contribution >= 4 is 35.4 Å². The zero-order valence-electron chi connectivity index (χ0n) is 11.5. The van der Waals surface area contributed by atoms with Gasteiger partial charge >= 0.3 is 12.0 Å². The molecule has 0 saturated carbocycles. The van der Waals surface area contributed by atoms with E-state index in [-0.39, 0.29) is 12.8 Å². The number of thioether (sulfide) groups is 1. The molecule has 5 N–H and O–H groups in total. The Labute approximate surface area is 126 Å². The smallest absolute Gasteiger partial charge is 0.326 e. The monoisotopic (exact) mass is 311 g/mol. The normalized spacial score (nSPS) is 11.5. The zero-order chi connectivity index (χ0) is 15.8. The highest BCUT2D eigenvalue weighted by molar-refractivity contribution is 7.98. The highest BCUT2D eigenvalue weighted by Gasteiger charge is 2.20. The molecule has 0 bridgehead atoms. The second-order valence-corrected chi connectivity index (χ2v) is 5.10. The maximum Gasteiger partial charge on any atom is 0.326 e. The van der Waals surface area contributed by atoms with Crippen LogP contribution in [-0.4, -0.2) is 35.3 Å². The van der Waals surface area contributed by atoms with E-state index in [1.165, 1.54) is 0 Å². The van der Waals surface area contributed by atoms with Gasteiger partial charge in [-0.05, 0) is 36.9 Å². The van der Waals surface area contributed by atoms with E-state index in [9.17, 15) is 14.4 Å². The van der Waals surface area contributed by atoms with Crippen LogP contribution >= 0.6 is 11.8 Å². The first kappa shape index (κ1) is 16.8. The van der Waals surface area contributed by atoms with Gasteiger partial charge in [0.2, 0.25) is 5.91 Å². The molecule has 1 atom stereocenters. The van der Waals surface area contributed by atoms with Crippen molar-refractivity contribution in [3.63, 3.8) is 0 Å². The van der Waals surface area contributed by atoms with Crippen LogP contribution in [0.4, 0.5) is 10.5 Å². The van der Waals surface area contributed by atoms with Crippen molar-refractivity contribution in [2.45, 2.75) is 23.8 Å². The minimum atomic E-state index is -1.22. The van der Waals surface area contributed by atoms with Crippen LogP contribution in [0.5, 0.6) is 0 Å². The van der Waals surface area contributed by atoms with Crippen molar-refractivity contribution in [2.24, 2.45) is 5.73 Å². The number of carbonyl (C=O) groups excluding carboxylic acids is 2. The number of carboxylic acid groups (broad SMARTS) is 1. The number of aliphatic carboxylic acids is 1. The third kappa shape index (κ3) is 6.17. The van der Waals surface area contributed by atoms with Crippen LogP contribution in [0.15, 0.2) is 29.2 Å². The van der Waals surface area contributed by atoms with Crippen molar-refractivity contribution in [3.8, 4) is 0 Å². The van der Waals surface area contributed by atoms with E-state index < -0.39 is 23.9 Å². The molecule has 0 unspecified atom stereocenters. The Balaban J connectivity index is 2.56. The molecule has 0 aliphatic heterocycles. The molecule has 0 radical (unpaired) electrons. The Kier molecular flexibility index (Phi) is 6.54. The molecule has 0 aromatic heterocycles.